The highest BCUT2D eigenvalue weighted by molar-refractivity contribution is 7.80. The van der Waals surface area contributed by atoms with Crippen molar-refractivity contribution in [3.05, 3.63) is 81.9 Å². The van der Waals surface area contributed by atoms with Gasteiger partial charge >= 0.3 is 0 Å². The number of fused-ring (bicyclic) bond motifs is 1. The Morgan fingerprint density at radius 1 is 1.16 bits per heavy atom. The number of amides is 1. The van der Waals surface area contributed by atoms with E-state index in [2.05, 4.69) is 25.9 Å². The summed E-state index contributed by atoms with van der Waals surface area (Å²) in [6.45, 7) is 3.93. The number of aryl methyl sites for hydroxylation is 2. The van der Waals surface area contributed by atoms with Gasteiger partial charge in [-0.15, -0.1) is 10.2 Å². The Kier molecular flexibility index (Phi) is 6.46. The number of hydrogen-bond acceptors (Lipinski definition) is 9. The molecule has 3 aromatic heterocycles. The molecule has 37 heavy (non-hydrogen) atoms. The standard InChI is InChI=1S/C24H19N7O4S2/c1-3-20-27-28-24-30(20)29-22(37-24)15-7-8-17(13(2)11-15)25-23(36)26-21(32)19-10-9-18(35-19)14-5-4-6-16(12-14)31(33)34/h4-12H,3H2,1-2H3,(H2,25,26,32,36). The molecule has 3 heterocycles. The summed E-state index contributed by atoms with van der Waals surface area (Å²) in [6.07, 6.45) is 0.740. The van der Waals surface area contributed by atoms with Crippen molar-refractivity contribution in [1.29, 1.82) is 0 Å². The minimum Gasteiger partial charge on any atom is -0.451 e. The molecule has 2 aromatic carbocycles. The van der Waals surface area contributed by atoms with Crippen molar-refractivity contribution in [3.8, 4) is 21.9 Å². The second-order valence-electron chi connectivity index (χ2n) is 7.98. The molecule has 0 spiro atoms. The van der Waals surface area contributed by atoms with Gasteiger partial charge < -0.3 is 9.73 Å². The lowest BCUT2D eigenvalue weighted by Gasteiger charge is -2.12. The Labute approximate surface area is 219 Å². The number of hydrogen-bond donors (Lipinski definition) is 2. The van der Waals surface area contributed by atoms with Crippen molar-refractivity contribution >= 4 is 50.9 Å². The topological polar surface area (TPSA) is 140 Å². The van der Waals surface area contributed by atoms with Crippen molar-refractivity contribution in [1.82, 2.24) is 25.1 Å². The predicted molar refractivity (Wildman–Crippen MR) is 143 cm³/mol. The third-order valence-corrected chi connectivity index (χ3v) is 6.64. The van der Waals surface area contributed by atoms with Crippen LogP contribution in [-0.2, 0) is 6.42 Å². The van der Waals surface area contributed by atoms with Crippen LogP contribution in [0.25, 0.3) is 26.9 Å². The molecule has 1 amide bonds. The zero-order valence-corrected chi connectivity index (χ0v) is 21.2. The second-order valence-corrected chi connectivity index (χ2v) is 9.34. The highest BCUT2D eigenvalue weighted by atomic mass is 32.1. The Hall–Kier alpha value is -4.49. The van der Waals surface area contributed by atoms with Crippen molar-refractivity contribution in [2.24, 2.45) is 0 Å². The van der Waals surface area contributed by atoms with E-state index in [1.807, 2.05) is 32.0 Å². The SMILES string of the molecule is CCc1nnc2sc(-c3ccc(NC(=S)NC(=O)c4ccc(-c5cccc([N+](=O)[O-])c5)o4)c(C)c3)nn12. The van der Waals surface area contributed by atoms with Crippen LogP contribution in [0.3, 0.4) is 0 Å². The molecule has 0 aliphatic heterocycles. The van der Waals surface area contributed by atoms with Crippen LogP contribution in [-0.4, -0.2) is 35.8 Å². The highest BCUT2D eigenvalue weighted by Gasteiger charge is 2.17. The van der Waals surface area contributed by atoms with Crippen molar-refractivity contribution in [2.75, 3.05) is 5.32 Å². The lowest BCUT2D eigenvalue weighted by molar-refractivity contribution is -0.384. The van der Waals surface area contributed by atoms with Gasteiger partial charge in [0, 0.05) is 35.4 Å². The molecule has 0 radical (unpaired) electrons. The van der Waals surface area contributed by atoms with E-state index in [1.54, 1.807) is 22.7 Å². The minimum atomic E-state index is -0.546. The summed E-state index contributed by atoms with van der Waals surface area (Å²) in [7, 11) is 0. The van der Waals surface area contributed by atoms with Gasteiger partial charge in [-0.3, -0.25) is 20.2 Å². The fraction of sp³-hybridized carbons (Fsp3) is 0.125. The average Bonchev–Trinajstić information content (AvgIpc) is 3.61. The number of nitro benzene ring substituents is 1. The van der Waals surface area contributed by atoms with Crippen molar-refractivity contribution < 1.29 is 14.1 Å². The van der Waals surface area contributed by atoms with Crippen LogP contribution in [0.15, 0.2) is 59.0 Å². The summed E-state index contributed by atoms with van der Waals surface area (Å²) < 4.78 is 7.36. The van der Waals surface area contributed by atoms with Crippen molar-refractivity contribution in [2.45, 2.75) is 20.3 Å². The first-order chi connectivity index (χ1) is 17.8. The van der Waals surface area contributed by atoms with Gasteiger partial charge in [-0.1, -0.05) is 30.4 Å². The molecule has 186 valence electrons. The van der Waals surface area contributed by atoms with Gasteiger partial charge in [0.2, 0.25) is 4.96 Å². The maximum atomic E-state index is 12.6. The first-order valence-electron chi connectivity index (χ1n) is 11.1. The van der Waals surface area contributed by atoms with Crippen LogP contribution >= 0.6 is 23.6 Å². The lowest BCUT2D eigenvalue weighted by atomic mass is 10.1. The fourth-order valence-corrected chi connectivity index (χ4v) is 4.69. The largest absolute Gasteiger partial charge is 0.451 e. The number of non-ortho nitro benzene ring substituents is 1. The molecule has 11 nitrogen and oxygen atoms in total. The molecule has 0 bridgehead atoms. The maximum absolute atomic E-state index is 12.6. The predicted octanol–water partition coefficient (Wildman–Crippen LogP) is 5.02. The number of anilines is 1. The second kappa shape index (κ2) is 9.87. The number of thiocarbonyl (C=S) groups is 1. The van der Waals surface area contributed by atoms with E-state index in [9.17, 15) is 14.9 Å². The van der Waals surface area contributed by atoms with Crippen LogP contribution in [0.2, 0.25) is 0 Å². The van der Waals surface area contributed by atoms with Gasteiger partial charge in [0.25, 0.3) is 11.6 Å². The van der Waals surface area contributed by atoms with Gasteiger partial charge in [0.1, 0.15) is 10.8 Å². The number of nitro groups is 1. The Balaban J connectivity index is 1.25. The zero-order chi connectivity index (χ0) is 26.1. The van der Waals surface area contributed by atoms with Gasteiger partial charge in [0.15, 0.2) is 16.7 Å². The van der Waals surface area contributed by atoms with Crippen LogP contribution < -0.4 is 10.6 Å². The van der Waals surface area contributed by atoms with E-state index in [0.717, 1.165) is 39.0 Å². The summed E-state index contributed by atoms with van der Waals surface area (Å²) in [5, 5.41) is 30.4. The molecule has 0 saturated carbocycles. The number of furan rings is 1. The smallest absolute Gasteiger partial charge is 0.293 e. The van der Waals surface area contributed by atoms with Gasteiger partial charge in [-0.25, -0.2) is 0 Å². The third-order valence-electron chi connectivity index (χ3n) is 5.49. The van der Waals surface area contributed by atoms with E-state index in [-0.39, 0.29) is 16.6 Å². The Bertz CT molecular complexity index is 1670. The van der Waals surface area contributed by atoms with Crippen LogP contribution in [0.5, 0.6) is 0 Å². The first-order valence-corrected chi connectivity index (χ1v) is 12.3. The molecule has 0 saturated heterocycles. The number of nitrogens with one attached hydrogen (secondary N) is 2. The molecule has 2 N–H and O–H groups in total. The lowest BCUT2D eigenvalue weighted by Crippen LogP contribution is -2.34. The summed E-state index contributed by atoms with van der Waals surface area (Å²) in [5.41, 5.74) is 2.98. The minimum absolute atomic E-state index is 0.0208. The van der Waals surface area contributed by atoms with E-state index in [4.69, 9.17) is 16.6 Å². The Morgan fingerprint density at radius 3 is 2.76 bits per heavy atom. The van der Waals surface area contributed by atoms with Crippen LogP contribution in [0.1, 0.15) is 28.9 Å². The van der Waals surface area contributed by atoms with E-state index in [0.29, 0.717) is 11.3 Å². The fourth-order valence-electron chi connectivity index (χ4n) is 3.64. The van der Waals surface area contributed by atoms with E-state index in [1.165, 1.54) is 29.5 Å². The Morgan fingerprint density at radius 2 is 2.00 bits per heavy atom. The van der Waals surface area contributed by atoms with Gasteiger partial charge in [-0.05, 0) is 55.0 Å². The molecule has 5 rings (SSSR count). The average molecular weight is 534 g/mol. The number of rotatable bonds is 6. The monoisotopic (exact) mass is 533 g/mol. The van der Waals surface area contributed by atoms with Crippen molar-refractivity contribution in [3.63, 3.8) is 0 Å². The summed E-state index contributed by atoms with van der Waals surface area (Å²) in [4.78, 5) is 23.9. The third kappa shape index (κ3) is 4.94. The number of benzene rings is 2. The molecule has 5 aromatic rings. The number of carbonyl (C=O) groups excluding carboxylic acids is 1. The van der Waals surface area contributed by atoms with E-state index >= 15 is 0 Å². The summed E-state index contributed by atoms with van der Waals surface area (Å²) in [5.74, 6) is 0.611. The molecule has 0 fully saturated rings. The molecule has 0 aliphatic rings. The summed E-state index contributed by atoms with van der Waals surface area (Å²) in [6, 6.07) is 14.8. The number of aromatic nitrogens is 4. The maximum Gasteiger partial charge on any atom is 0.293 e. The van der Waals surface area contributed by atoms with E-state index < -0.39 is 10.8 Å². The molecular formula is C24H19N7O4S2. The summed E-state index contributed by atoms with van der Waals surface area (Å²) >= 11 is 6.77. The quantitative estimate of drug-likeness (QED) is 0.175. The highest BCUT2D eigenvalue weighted by Crippen LogP contribution is 2.29. The van der Waals surface area contributed by atoms with Crippen LogP contribution in [0.4, 0.5) is 11.4 Å². The molecule has 13 heteroatoms. The van der Waals surface area contributed by atoms with Gasteiger partial charge in [0.05, 0.1) is 4.92 Å². The molecule has 0 aliphatic carbocycles. The zero-order valence-electron chi connectivity index (χ0n) is 19.6. The molecular weight excluding hydrogens is 514 g/mol. The van der Waals surface area contributed by atoms with Gasteiger partial charge in [-0.2, -0.15) is 9.61 Å². The number of carbonyl (C=O) groups is 1. The number of nitrogens with zero attached hydrogens (tertiary/aromatic N) is 5. The first kappa shape index (κ1) is 24.2. The molecule has 0 atom stereocenters. The molecule has 0 unspecified atom stereocenters. The van der Waals surface area contributed by atoms with Crippen LogP contribution in [0, 0.1) is 17.0 Å². The normalized spacial score (nSPS) is 11.0.